The van der Waals surface area contributed by atoms with Crippen LogP contribution in [0.25, 0.3) is 11.1 Å². The van der Waals surface area contributed by atoms with Gasteiger partial charge in [-0.1, -0.05) is 48.5 Å². The zero-order valence-corrected chi connectivity index (χ0v) is 18.9. The monoisotopic (exact) mass is 489 g/mol. The molecule has 1 amide bonds. The predicted molar refractivity (Wildman–Crippen MR) is 124 cm³/mol. The van der Waals surface area contributed by atoms with E-state index < -0.39 is 24.0 Å². The molecule has 1 fully saturated rings. The molecule has 1 aromatic heterocycles. The predicted octanol–water partition coefficient (Wildman–Crippen LogP) is 5.42. The lowest BCUT2D eigenvalue weighted by Gasteiger charge is -2.33. The van der Waals surface area contributed by atoms with E-state index in [2.05, 4.69) is 34.6 Å². The number of piperazine rings is 1. The number of rotatable bonds is 3. The molecule has 0 saturated carbocycles. The van der Waals surface area contributed by atoms with Crippen LogP contribution in [-0.4, -0.2) is 42.2 Å². The van der Waals surface area contributed by atoms with E-state index in [0.717, 1.165) is 34.5 Å². The number of halogens is 4. The van der Waals surface area contributed by atoms with Gasteiger partial charge < -0.3 is 15.0 Å². The fraction of sp³-hybridized carbons (Fsp3) is 0.280. The van der Waals surface area contributed by atoms with Gasteiger partial charge in [-0.3, -0.25) is 4.98 Å². The highest BCUT2D eigenvalue weighted by Crippen LogP contribution is 2.44. The van der Waals surface area contributed by atoms with Crippen LogP contribution < -0.4 is 5.32 Å². The third-order valence-corrected chi connectivity index (χ3v) is 6.25. The molecule has 0 spiro atoms. The molecule has 1 atom stereocenters. The summed E-state index contributed by atoms with van der Waals surface area (Å²) in [6, 6.07) is 18.3. The number of fused-ring (bicyclic) bond motifs is 3. The number of pyridine rings is 1. The van der Waals surface area contributed by atoms with E-state index in [-0.39, 0.29) is 31.5 Å². The Kier molecular flexibility index (Phi) is 6.81. The molecule has 2 aliphatic rings. The number of aromatic nitrogens is 1. The van der Waals surface area contributed by atoms with Crippen molar-refractivity contribution in [2.45, 2.75) is 18.1 Å². The summed E-state index contributed by atoms with van der Waals surface area (Å²) in [5, 5.41) is 3.18. The minimum atomic E-state index is -4.52. The number of hydrogen-bond donors (Lipinski definition) is 1. The highest BCUT2D eigenvalue weighted by molar-refractivity contribution is 5.85. The Balaban J connectivity index is 0.00000274. The van der Waals surface area contributed by atoms with Crippen molar-refractivity contribution in [2.24, 2.45) is 0 Å². The van der Waals surface area contributed by atoms with Crippen molar-refractivity contribution >= 4 is 18.5 Å². The van der Waals surface area contributed by atoms with Crippen molar-refractivity contribution in [1.29, 1.82) is 0 Å². The molecule has 1 unspecified atom stereocenters. The first-order chi connectivity index (χ1) is 15.9. The highest BCUT2D eigenvalue weighted by atomic mass is 35.5. The lowest BCUT2D eigenvalue weighted by atomic mass is 9.98. The van der Waals surface area contributed by atoms with E-state index in [1.807, 2.05) is 24.3 Å². The quantitative estimate of drug-likeness (QED) is 0.534. The molecule has 9 heteroatoms. The van der Waals surface area contributed by atoms with E-state index in [9.17, 15) is 18.0 Å². The molecule has 34 heavy (non-hydrogen) atoms. The minimum absolute atomic E-state index is 0. The van der Waals surface area contributed by atoms with Crippen LogP contribution in [0.5, 0.6) is 0 Å². The van der Waals surface area contributed by atoms with Crippen LogP contribution in [0.15, 0.2) is 66.9 Å². The summed E-state index contributed by atoms with van der Waals surface area (Å²) in [5.41, 5.74) is 4.04. The minimum Gasteiger partial charge on any atom is -0.448 e. The number of carbonyl (C=O) groups is 1. The maximum absolute atomic E-state index is 13.0. The van der Waals surface area contributed by atoms with Crippen molar-refractivity contribution in [3.63, 3.8) is 0 Å². The zero-order valence-electron chi connectivity index (χ0n) is 18.1. The van der Waals surface area contributed by atoms with Crippen LogP contribution in [0, 0.1) is 0 Å². The Labute approximate surface area is 201 Å². The van der Waals surface area contributed by atoms with Gasteiger partial charge in [0.25, 0.3) is 0 Å². The molecule has 178 valence electrons. The first kappa shape index (κ1) is 24.0. The molecule has 5 nitrogen and oxygen atoms in total. The first-order valence-corrected chi connectivity index (χ1v) is 10.8. The standard InChI is InChI=1S/C25H22F3N3O2.ClH/c26-25(27,28)23-13-16(9-10-30-23)22-14-31(12-11-29-22)24(32)33-15-21-19-7-3-1-5-17(19)18-6-2-4-8-20(18)21;/h1-10,13,21-22,29H,11-12,14-15H2;1H. The Morgan fingerprint density at radius 1 is 1.06 bits per heavy atom. The van der Waals surface area contributed by atoms with E-state index in [4.69, 9.17) is 4.74 Å². The summed E-state index contributed by atoms with van der Waals surface area (Å²) in [4.78, 5) is 17.8. The second kappa shape index (κ2) is 9.64. The van der Waals surface area contributed by atoms with Gasteiger partial charge in [0.2, 0.25) is 0 Å². The summed E-state index contributed by atoms with van der Waals surface area (Å²) < 4.78 is 44.8. The molecule has 5 rings (SSSR count). The number of alkyl halides is 3. The van der Waals surface area contributed by atoms with E-state index in [1.54, 1.807) is 4.90 Å². The van der Waals surface area contributed by atoms with Crippen molar-refractivity contribution in [3.05, 3.63) is 89.2 Å². The molecule has 0 bridgehead atoms. The lowest BCUT2D eigenvalue weighted by Crippen LogP contribution is -2.48. The molecule has 1 N–H and O–H groups in total. The van der Waals surface area contributed by atoms with Gasteiger partial charge >= 0.3 is 12.3 Å². The number of ether oxygens (including phenoxy) is 1. The summed E-state index contributed by atoms with van der Waals surface area (Å²) >= 11 is 0. The van der Waals surface area contributed by atoms with Gasteiger partial charge in [0.15, 0.2) is 0 Å². The second-order valence-corrected chi connectivity index (χ2v) is 8.23. The number of benzene rings is 2. The normalized spacial score (nSPS) is 17.5. The topological polar surface area (TPSA) is 54.5 Å². The van der Waals surface area contributed by atoms with Gasteiger partial charge in [-0.2, -0.15) is 13.2 Å². The largest absolute Gasteiger partial charge is 0.448 e. The van der Waals surface area contributed by atoms with Crippen molar-refractivity contribution in [2.75, 3.05) is 26.2 Å². The van der Waals surface area contributed by atoms with Crippen molar-refractivity contribution < 1.29 is 22.7 Å². The highest BCUT2D eigenvalue weighted by Gasteiger charge is 2.34. The third-order valence-electron chi connectivity index (χ3n) is 6.25. The van der Waals surface area contributed by atoms with Gasteiger partial charge in [-0.05, 0) is 39.9 Å². The van der Waals surface area contributed by atoms with Crippen LogP contribution in [-0.2, 0) is 10.9 Å². The van der Waals surface area contributed by atoms with E-state index in [1.165, 1.54) is 6.07 Å². The number of nitrogens with zero attached hydrogens (tertiary/aromatic N) is 2. The molecule has 1 aliphatic heterocycles. The number of amides is 1. The lowest BCUT2D eigenvalue weighted by molar-refractivity contribution is -0.141. The third kappa shape index (κ3) is 4.60. The van der Waals surface area contributed by atoms with Crippen LogP contribution >= 0.6 is 12.4 Å². The number of nitrogens with one attached hydrogen (secondary N) is 1. The van der Waals surface area contributed by atoms with E-state index in [0.29, 0.717) is 18.7 Å². The van der Waals surface area contributed by atoms with Crippen LogP contribution in [0.4, 0.5) is 18.0 Å². The van der Waals surface area contributed by atoms with Crippen LogP contribution in [0.3, 0.4) is 0 Å². The second-order valence-electron chi connectivity index (χ2n) is 8.23. The summed E-state index contributed by atoms with van der Waals surface area (Å²) in [5.74, 6) is -0.0467. The Bertz CT molecular complexity index is 1140. The smallest absolute Gasteiger partial charge is 0.433 e. The van der Waals surface area contributed by atoms with Crippen LogP contribution in [0.1, 0.15) is 34.3 Å². The van der Waals surface area contributed by atoms with E-state index >= 15 is 0 Å². The molecule has 3 aromatic rings. The van der Waals surface area contributed by atoms with Gasteiger partial charge in [0.1, 0.15) is 12.3 Å². The SMILES string of the molecule is Cl.O=C(OCC1c2ccccc2-c2ccccc21)N1CCNC(c2ccnc(C(F)(F)F)c2)C1. The molecule has 2 aromatic carbocycles. The summed E-state index contributed by atoms with van der Waals surface area (Å²) in [7, 11) is 0. The van der Waals surface area contributed by atoms with Crippen molar-refractivity contribution in [3.8, 4) is 11.1 Å². The Hall–Kier alpha value is -3.10. The maximum Gasteiger partial charge on any atom is 0.433 e. The molecule has 2 heterocycles. The zero-order chi connectivity index (χ0) is 23.0. The fourth-order valence-corrected chi connectivity index (χ4v) is 4.64. The van der Waals surface area contributed by atoms with Crippen molar-refractivity contribution in [1.82, 2.24) is 15.2 Å². The molecular weight excluding hydrogens is 467 g/mol. The van der Waals surface area contributed by atoms with Gasteiger partial charge in [0.05, 0.1) is 6.04 Å². The summed E-state index contributed by atoms with van der Waals surface area (Å²) in [6.45, 7) is 1.30. The Morgan fingerprint density at radius 3 is 2.35 bits per heavy atom. The molecule has 0 radical (unpaired) electrons. The average molecular weight is 490 g/mol. The van der Waals surface area contributed by atoms with Gasteiger partial charge in [0, 0.05) is 31.7 Å². The van der Waals surface area contributed by atoms with Gasteiger partial charge in [-0.25, -0.2) is 4.79 Å². The number of carbonyl (C=O) groups excluding carboxylic acids is 1. The number of hydrogen-bond acceptors (Lipinski definition) is 4. The Morgan fingerprint density at radius 2 is 1.71 bits per heavy atom. The average Bonchev–Trinajstić information content (AvgIpc) is 3.16. The molecular formula is C25H23ClF3N3O2. The van der Waals surface area contributed by atoms with Gasteiger partial charge in [-0.15, -0.1) is 12.4 Å². The molecule has 1 aliphatic carbocycles. The first-order valence-electron chi connectivity index (χ1n) is 10.8. The van der Waals surface area contributed by atoms with Crippen LogP contribution in [0.2, 0.25) is 0 Å². The molecule has 1 saturated heterocycles. The maximum atomic E-state index is 13.0. The fourth-order valence-electron chi connectivity index (χ4n) is 4.64. The summed E-state index contributed by atoms with van der Waals surface area (Å²) in [6.07, 6.45) is -3.84.